The summed E-state index contributed by atoms with van der Waals surface area (Å²) >= 11 is 0. The molecular weight excluding hydrogens is 363 g/mol. The third-order valence-electron chi connectivity index (χ3n) is 3.28. The van der Waals surface area contributed by atoms with Gasteiger partial charge in [-0.3, -0.25) is 4.39 Å². The molecule has 0 bridgehead atoms. The van der Waals surface area contributed by atoms with Crippen LogP contribution in [0.5, 0.6) is 0 Å². The number of halogens is 8. The Hall–Kier alpha value is -1.69. The molecular formula is C15H9F8P. The van der Waals surface area contributed by atoms with Gasteiger partial charge >= 0.3 is 0 Å². The Morgan fingerprint density at radius 1 is 0.750 bits per heavy atom. The maximum absolute atomic E-state index is 14.2. The monoisotopic (exact) mass is 372 g/mol. The topological polar surface area (TPSA) is 0 Å². The van der Waals surface area contributed by atoms with Crippen LogP contribution in [0.15, 0.2) is 18.2 Å². The summed E-state index contributed by atoms with van der Waals surface area (Å²) in [6, 6.07) is 2.41. The van der Waals surface area contributed by atoms with E-state index in [1.54, 1.807) is 0 Å². The van der Waals surface area contributed by atoms with Gasteiger partial charge in [0.05, 0.1) is 6.67 Å². The second kappa shape index (κ2) is 7.47. The van der Waals surface area contributed by atoms with Gasteiger partial charge in [0.2, 0.25) is 0 Å². The molecule has 1 atom stereocenters. The zero-order chi connectivity index (χ0) is 18.0. The molecule has 0 heterocycles. The van der Waals surface area contributed by atoms with Crippen LogP contribution in [0, 0.1) is 34.9 Å². The number of benzene rings is 2. The maximum atomic E-state index is 14.2. The van der Waals surface area contributed by atoms with Crippen LogP contribution in [0.25, 0.3) is 11.1 Å². The SMILES string of the molecule is FCCP(CF)c1c(F)c(F)c(F)c(F)c1-c1cccc(F)c1F. The average molecular weight is 372 g/mol. The van der Waals surface area contributed by atoms with Gasteiger partial charge in [-0.2, -0.15) is 0 Å². The van der Waals surface area contributed by atoms with Crippen molar-refractivity contribution < 1.29 is 35.1 Å². The Balaban J connectivity index is 2.90. The molecule has 0 N–H and O–H groups in total. The Labute approximate surface area is 132 Å². The van der Waals surface area contributed by atoms with Gasteiger partial charge in [-0.1, -0.05) is 12.1 Å². The van der Waals surface area contributed by atoms with Crippen LogP contribution < -0.4 is 5.30 Å². The lowest BCUT2D eigenvalue weighted by molar-refractivity contribution is 0.413. The lowest BCUT2D eigenvalue weighted by atomic mass is 10.0. The van der Waals surface area contributed by atoms with E-state index in [0.717, 1.165) is 12.1 Å². The van der Waals surface area contributed by atoms with Crippen molar-refractivity contribution in [2.75, 3.05) is 19.3 Å². The number of hydrogen-bond donors (Lipinski definition) is 0. The molecule has 130 valence electrons. The highest BCUT2D eigenvalue weighted by molar-refractivity contribution is 7.65. The fourth-order valence-corrected chi connectivity index (χ4v) is 3.77. The first kappa shape index (κ1) is 18.6. The van der Waals surface area contributed by atoms with Crippen molar-refractivity contribution in [3.05, 3.63) is 53.1 Å². The minimum Gasteiger partial charge on any atom is -0.251 e. The molecule has 0 aliphatic rings. The summed E-state index contributed by atoms with van der Waals surface area (Å²) in [6.07, 6.45) is -1.98. The number of rotatable bonds is 5. The maximum Gasteiger partial charge on any atom is 0.198 e. The molecule has 0 aromatic heterocycles. The number of hydrogen-bond acceptors (Lipinski definition) is 0. The molecule has 9 heteroatoms. The van der Waals surface area contributed by atoms with Crippen molar-refractivity contribution in [3.8, 4) is 11.1 Å². The van der Waals surface area contributed by atoms with Crippen LogP contribution in [0.2, 0.25) is 0 Å². The Bertz CT molecular complexity index is 762. The Morgan fingerprint density at radius 3 is 1.96 bits per heavy atom. The van der Waals surface area contributed by atoms with Crippen molar-refractivity contribution in [2.24, 2.45) is 0 Å². The smallest absolute Gasteiger partial charge is 0.198 e. The molecule has 24 heavy (non-hydrogen) atoms. The lowest BCUT2D eigenvalue weighted by Gasteiger charge is -2.20. The fraction of sp³-hybridized carbons (Fsp3) is 0.200. The van der Waals surface area contributed by atoms with Gasteiger partial charge in [-0.25, -0.2) is 30.7 Å². The van der Waals surface area contributed by atoms with E-state index in [2.05, 4.69) is 0 Å². The molecule has 0 radical (unpaired) electrons. The minimum atomic E-state index is -2.44. The predicted molar refractivity (Wildman–Crippen MR) is 75.0 cm³/mol. The highest BCUT2D eigenvalue weighted by Gasteiger charge is 2.32. The van der Waals surface area contributed by atoms with Crippen LogP contribution in [0.4, 0.5) is 35.1 Å². The summed E-state index contributed by atoms with van der Waals surface area (Å²) in [7, 11) is -2.44. The predicted octanol–water partition coefficient (Wildman–Crippen LogP) is 5.19. The molecule has 0 saturated carbocycles. The zero-order valence-corrected chi connectivity index (χ0v) is 12.7. The van der Waals surface area contributed by atoms with E-state index in [9.17, 15) is 35.1 Å². The largest absolute Gasteiger partial charge is 0.251 e. The molecule has 0 fully saturated rings. The van der Waals surface area contributed by atoms with E-state index in [0.29, 0.717) is 6.07 Å². The third-order valence-corrected chi connectivity index (χ3v) is 5.33. The van der Waals surface area contributed by atoms with Gasteiger partial charge in [0, 0.05) is 22.6 Å². The Kier molecular flexibility index (Phi) is 5.80. The molecule has 0 saturated heterocycles. The summed E-state index contributed by atoms with van der Waals surface area (Å²) in [5.41, 5.74) is -2.04. The third kappa shape index (κ3) is 3.11. The van der Waals surface area contributed by atoms with Crippen molar-refractivity contribution in [3.63, 3.8) is 0 Å². The second-order valence-electron chi connectivity index (χ2n) is 4.65. The normalized spacial score (nSPS) is 12.5. The fourth-order valence-electron chi connectivity index (χ4n) is 2.19. The van der Waals surface area contributed by atoms with E-state index < -0.39 is 78.5 Å². The van der Waals surface area contributed by atoms with Gasteiger partial charge in [0.25, 0.3) is 0 Å². The average Bonchev–Trinajstić information content (AvgIpc) is 2.57. The van der Waals surface area contributed by atoms with E-state index >= 15 is 0 Å². The molecule has 2 aromatic carbocycles. The summed E-state index contributed by atoms with van der Waals surface area (Å²) in [5.74, 6) is -11.5. The summed E-state index contributed by atoms with van der Waals surface area (Å²) in [6.45, 7) is -1.14. The quantitative estimate of drug-likeness (QED) is 0.293. The second-order valence-corrected chi connectivity index (χ2v) is 6.87. The van der Waals surface area contributed by atoms with Gasteiger partial charge in [0.1, 0.15) is 6.42 Å². The molecule has 0 nitrogen and oxygen atoms in total. The van der Waals surface area contributed by atoms with Crippen LogP contribution >= 0.6 is 7.92 Å². The number of alkyl halides is 2. The van der Waals surface area contributed by atoms with Crippen molar-refractivity contribution in [1.82, 2.24) is 0 Å². The minimum absolute atomic E-state index is 0.614. The van der Waals surface area contributed by atoms with Gasteiger partial charge in [-0.05, 0) is 14.0 Å². The van der Waals surface area contributed by atoms with Crippen molar-refractivity contribution in [1.29, 1.82) is 0 Å². The zero-order valence-electron chi connectivity index (χ0n) is 11.8. The molecule has 2 rings (SSSR count). The van der Waals surface area contributed by atoms with E-state index in [1.165, 1.54) is 0 Å². The highest BCUT2D eigenvalue weighted by atomic mass is 31.1. The van der Waals surface area contributed by atoms with Gasteiger partial charge < -0.3 is 0 Å². The van der Waals surface area contributed by atoms with Crippen molar-refractivity contribution >= 4 is 13.2 Å². The van der Waals surface area contributed by atoms with E-state index in [1.807, 2.05) is 0 Å². The van der Waals surface area contributed by atoms with Crippen LogP contribution in [-0.4, -0.2) is 19.3 Å². The van der Waals surface area contributed by atoms with E-state index in [4.69, 9.17) is 0 Å². The molecule has 0 aliphatic carbocycles. The molecule has 2 aromatic rings. The molecule has 1 unspecified atom stereocenters. The standard InChI is InChI=1S/C15H9F8P/c16-4-5-24(6-17)15-9(7-2-1-3-8(18)10(7)19)11(20)12(21)13(22)14(15)23/h1-3H,4-6H2. The van der Waals surface area contributed by atoms with Gasteiger partial charge in [-0.15, -0.1) is 0 Å². The highest BCUT2D eigenvalue weighted by Crippen LogP contribution is 2.42. The Morgan fingerprint density at radius 2 is 1.38 bits per heavy atom. The lowest BCUT2D eigenvalue weighted by Crippen LogP contribution is -2.20. The summed E-state index contributed by atoms with van der Waals surface area (Å²) < 4.78 is 108. The first-order valence-electron chi connectivity index (χ1n) is 6.52. The first-order valence-corrected chi connectivity index (χ1v) is 8.23. The van der Waals surface area contributed by atoms with Gasteiger partial charge in [0.15, 0.2) is 34.9 Å². The molecule has 0 amide bonds. The molecule has 0 aliphatic heterocycles. The summed E-state index contributed by atoms with van der Waals surface area (Å²) in [5, 5.41) is -1.01. The first-order chi connectivity index (χ1) is 11.3. The van der Waals surface area contributed by atoms with E-state index in [-0.39, 0.29) is 0 Å². The van der Waals surface area contributed by atoms with Crippen LogP contribution in [0.3, 0.4) is 0 Å². The summed E-state index contributed by atoms with van der Waals surface area (Å²) in [4.78, 5) is 0. The van der Waals surface area contributed by atoms with Crippen LogP contribution in [-0.2, 0) is 0 Å². The van der Waals surface area contributed by atoms with Crippen LogP contribution in [0.1, 0.15) is 0 Å². The molecule has 0 spiro atoms. The van der Waals surface area contributed by atoms with Crippen molar-refractivity contribution in [2.45, 2.75) is 0 Å².